The first-order valence-electron chi connectivity index (χ1n) is 5.96. The van der Waals surface area contributed by atoms with Gasteiger partial charge < -0.3 is 15.8 Å². The molecule has 92 valence electrons. The molecule has 1 heterocycles. The molecule has 2 rings (SSSR count). The van der Waals surface area contributed by atoms with Gasteiger partial charge in [0.25, 0.3) is 0 Å². The van der Waals surface area contributed by atoms with Gasteiger partial charge in [-0.15, -0.1) is 0 Å². The van der Waals surface area contributed by atoms with Gasteiger partial charge >= 0.3 is 0 Å². The summed E-state index contributed by atoms with van der Waals surface area (Å²) in [6.45, 7) is 3.30. The first-order valence-corrected chi connectivity index (χ1v) is 5.96. The second-order valence-electron chi connectivity index (χ2n) is 4.36. The van der Waals surface area contributed by atoms with Crippen molar-refractivity contribution in [2.24, 2.45) is 5.73 Å². The minimum atomic E-state index is -0.426. The second-order valence-corrected chi connectivity index (χ2v) is 4.36. The van der Waals surface area contributed by atoms with Crippen molar-refractivity contribution in [2.45, 2.75) is 39.0 Å². The lowest BCUT2D eigenvalue weighted by Crippen LogP contribution is -2.35. The minimum Gasteiger partial charge on any atom is -0.372 e. The van der Waals surface area contributed by atoms with Crippen LogP contribution in [0, 0.1) is 0 Å². The van der Waals surface area contributed by atoms with Crippen LogP contribution in [0.4, 0.5) is 5.69 Å². The van der Waals surface area contributed by atoms with E-state index in [2.05, 4.69) is 5.32 Å². The molecule has 0 bridgehead atoms. The zero-order valence-electron chi connectivity index (χ0n) is 10.0. The number of nitrogens with one attached hydrogen (secondary N) is 1. The molecule has 0 saturated carbocycles. The Bertz CT molecular complexity index is 418. The maximum Gasteiger partial charge on any atom is 0.241 e. The van der Waals surface area contributed by atoms with E-state index in [-0.39, 0.29) is 5.91 Å². The quantitative estimate of drug-likeness (QED) is 0.834. The van der Waals surface area contributed by atoms with Gasteiger partial charge in [0, 0.05) is 5.69 Å². The molecule has 1 atom stereocenters. The Morgan fingerprint density at radius 1 is 1.47 bits per heavy atom. The number of hydrogen-bond acceptors (Lipinski definition) is 3. The molecule has 1 unspecified atom stereocenters. The van der Waals surface area contributed by atoms with Crippen molar-refractivity contribution in [1.82, 2.24) is 0 Å². The highest BCUT2D eigenvalue weighted by atomic mass is 16.5. The molecule has 1 aromatic rings. The SMILES string of the molecule is CCCC(N)C(=O)Nc1ccc2c(c1)COC2. The summed E-state index contributed by atoms with van der Waals surface area (Å²) in [5, 5.41) is 2.84. The standard InChI is InChI=1S/C13H18N2O2/c1-2-3-12(14)13(16)15-11-5-4-9-7-17-8-10(9)6-11/h4-6,12H,2-3,7-8,14H2,1H3,(H,15,16). The Balaban J connectivity index is 2.01. The molecular formula is C13H18N2O2. The summed E-state index contributed by atoms with van der Waals surface area (Å²) in [5.41, 5.74) is 8.89. The van der Waals surface area contributed by atoms with Crippen molar-refractivity contribution >= 4 is 11.6 Å². The second kappa shape index (κ2) is 5.29. The fourth-order valence-corrected chi connectivity index (χ4v) is 1.93. The third-order valence-electron chi connectivity index (χ3n) is 2.93. The molecule has 0 fully saturated rings. The number of hydrogen-bond donors (Lipinski definition) is 2. The van der Waals surface area contributed by atoms with Crippen LogP contribution in [0.15, 0.2) is 18.2 Å². The van der Waals surface area contributed by atoms with Crippen molar-refractivity contribution in [3.63, 3.8) is 0 Å². The van der Waals surface area contributed by atoms with E-state index in [0.29, 0.717) is 19.6 Å². The van der Waals surface area contributed by atoms with Gasteiger partial charge in [-0.25, -0.2) is 0 Å². The number of anilines is 1. The van der Waals surface area contributed by atoms with E-state index in [4.69, 9.17) is 10.5 Å². The van der Waals surface area contributed by atoms with E-state index in [9.17, 15) is 4.79 Å². The number of fused-ring (bicyclic) bond motifs is 1. The summed E-state index contributed by atoms with van der Waals surface area (Å²) in [6, 6.07) is 5.41. The van der Waals surface area contributed by atoms with Gasteiger partial charge in [-0.1, -0.05) is 19.4 Å². The maximum absolute atomic E-state index is 11.7. The van der Waals surface area contributed by atoms with Gasteiger partial charge in [-0.05, 0) is 29.7 Å². The van der Waals surface area contributed by atoms with Crippen LogP contribution in [0.3, 0.4) is 0 Å². The highest BCUT2D eigenvalue weighted by Crippen LogP contribution is 2.23. The number of carbonyl (C=O) groups excluding carboxylic acids is 1. The van der Waals surface area contributed by atoms with Crippen LogP contribution in [0.5, 0.6) is 0 Å². The first kappa shape index (κ1) is 12.1. The minimum absolute atomic E-state index is 0.120. The maximum atomic E-state index is 11.7. The topological polar surface area (TPSA) is 64.4 Å². The predicted molar refractivity (Wildman–Crippen MR) is 66.4 cm³/mol. The summed E-state index contributed by atoms with van der Waals surface area (Å²) in [6.07, 6.45) is 1.62. The zero-order chi connectivity index (χ0) is 12.3. The zero-order valence-corrected chi connectivity index (χ0v) is 10.0. The van der Waals surface area contributed by atoms with E-state index in [1.165, 1.54) is 5.56 Å². The van der Waals surface area contributed by atoms with Crippen LogP contribution in [-0.2, 0) is 22.7 Å². The molecule has 1 aliphatic rings. The average molecular weight is 234 g/mol. The normalized spacial score (nSPS) is 15.4. The molecular weight excluding hydrogens is 216 g/mol. The van der Waals surface area contributed by atoms with Crippen molar-refractivity contribution in [3.8, 4) is 0 Å². The summed E-state index contributed by atoms with van der Waals surface area (Å²) in [4.78, 5) is 11.7. The lowest BCUT2D eigenvalue weighted by atomic mass is 10.1. The monoisotopic (exact) mass is 234 g/mol. The Kier molecular flexibility index (Phi) is 3.76. The highest BCUT2D eigenvalue weighted by Gasteiger charge is 2.15. The Morgan fingerprint density at radius 2 is 2.24 bits per heavy atom. The Hall–Kier alpha value is -1.39. The summed E-state index contributed by atoms with van der Waals surface area (Å²) in [7, 11) is 0. The fraction of sp³-hybridized carbons (Fsp3) is 0.462. The average Bonchev–Trinajstić information content (AvgIpc) is 2.76. The fourth-order valence-electron chi connectivity index (χ4n) is 1.93. The molecule has 0 radical (unpaired) electrons. The highest BCUT2D eigenvalue weighted by molar-refractivity contribution is 5.94. The van der Waals surface area contributed by atoms with E-state index >= 15 is 0 Å². The van der Waals surface area contributed by atoms with Gasteiger partial charge in [0.2, 0.25) is 5.91 Å². The molecule has 0 aromatic heterocycles. The van der Waals surface area contributed by atoms with Gasteiger partial charge in [0.05, 0.1) is 19.3 Å². The molecule has 0 aliphatic carbocycles. The number of rotatable bonds is 4. The van der Waals surface area contributed by atoms with Crippen LogP contribution in [-0.4, -0.2) is 11.9 Å². The number of carbonyl (C=O) groups is 1. The Morgan fingerprint density at radius 3 is 3.00 bits per heavy atom. The van der Waals surface area contributed by atoms with Crippen LogP contribution in [0.25, 0.3) is 0 Å². The molecule has 4 nitrogen and oxygen atoms in total. The lowest BCUT2D eigenvalue weighted by Gasteiger charge is -2.11. The largest absolute Gasteiger partial charge is 0.372 e. The number of nitrogens with two attached hydrogens (primary N) is 1. The van der Waals surface area contributed by atoms with Crippen molar-refractivity contribution in [1.29, 1.82) is 0 Å². The van der Waals surface area contributed by atoms with Crippen molar-refractivity contribution in [2.75, 3.05) is 5.32 Å². The van der Waals surface area contributed by atoms with E-state index in [1.807, 2.05) is 25.1 Å². The van der Waals surface area contributed by atoms with Gasteiger partial charge in [-0.2, -0.15) is 0 Å². The van der Waals surface area contributed by atoms with Gasteiger partial charge in [0.15, 0.2) is 0 Å². The van der Waals surface area contributed by atoms with E-state index < -0.39 is 6.04 Å². The molecule has 3 N–H and O–H groups in total. The van der Waals surface area contributed by atoms with Gasteiger partial charge in [0.1, 0.15) is 0 Å². The molecule has 17 heavy (non-hydrogen) atoms. The molecule has 4 heteroatoms. The van der Waals surface area contributed by atoms with Gasteiger partial charge in [-0.3, -0.25) is 4.79 Å². The number of ether oxygens (including phenoxy) is 1. The predicted octanol–water partition coefficient (Wildman–Crippen LogP) is 1.78. The molecule has 0 spiro atoms. The van der Waals surface area contributed by atoms with Crippen molar-refractivity contribution < 1.29 is 9.53 Å². The van der Waals surface area contributed by atoms with E-state index in [0.717, 1.165) is 17.7 Å². The van der Waals surface area contributed by atoms with Crippen LogP contribution < -0.4 is 11.1 Å². The van der Waals surface area contributed by atoms with Crippen LogP contribution >= 0.6 is 0 Å². The van der Waals surface area contributed by atoms with Crippen molar-refractivity contribution in [3.05, 3.63) is 29.3 Å². The molecule has 1 amide bonds. The van der Waals surface area contributed by atoms with E-state index in [1.54, 1.807) is 0 Å². The Labute approximate surface area is 101 Å². The molecule has 1 aromatic carbocycles. The summed E-state index contributed by atoms with van der Waals surface area (Å²) >= 11 is 0. The lowest BCUT2D eigenvalue weighted by molar-refractivity contribution is -0.117. The smallest absolute Gasteiger partial charge is 0.241 e. The summed E-state index contributed by atoms with van der Waals surface area (Å²) in [5.74, 6) is -0.120. The third kappa shape index (κ3) is 2.84. The number of benzene rings is 1. The van der Waals surface area contributed by atoms with Crippen LogP contribution in [0.1, 0.15) is 30.9 Å². The summed E-state index contributed by atoms with van der Waals surface area (Å²) < 4.78 is 5.32. The molecule has 0 saturated heterocycles. The number of amides is 1. The third-order valence-corrected chi connectivity index (χ3v) is 2.93. The van der Waals surface area contributed by atoms with Crippen LogP contribution in [0.2, 0.25) is 0 Å². The first-order chi connectivity index (χ1) is 8.20. The molecule has 1 aliphatic heterocycles.